The standard InChI is InChI=1S/C28H25ClF2N6O3/c1-15-35-24-12-34-23-11-21(30)18(17-4-3-16(9-20(17)29)40-28-32-6-2-7-33-28)10-19(23)27(24)37(15)25-5-8-36(13-22(25)31)26(39)14-38/h2-4,6-7,9-12,22,25-26,38-39H,5,8,13-14H2,1H3. The maximum atomic E-state index is 15.5. The highest BCUT2D eigenvalue weighted by atomic mass is 35.5. The molecule has 40 heavy (non-hydrogen) atoms. The molecule has 0 saturated carbocycles. The van der Waals surface area contributed by atoms with E-state index in [4.69, 9.17) is 16.3 Å². The van der Waals surface area contributed by atoms with Gasteiger partial charge in [0.2, 0.25) is 0 Å². The number of nitrogens with zero attached hydrogens (tertiary/aromatic N) is 6. The maximum Gasteiger partial charge on any atom is 0.321 e. The van der Waals surface area contributed by atoms with Crippen LogP contribution in [0.5, 0.6) is 11.8 Å². The number of hydrogen-bond donors (Lipinski definition) is 2. The van der Waals surface area contributed by atoms with Gasteiger partial charge in [-0.05, 0) is 37.6 Å². The van der Waals surface area contributed by atoms with Crippen molar-refractivity contribution in [2.75, 3.05) is 19.7 Å². The Morgan fingerprint density at radius 2 is 1.93 bits per heavy atom. The summed E-state index contributed by atoms with van der Waals surface area (Å²) in [6, 6.07) is 9.13. The van der Waals surface area contributed by atoms with Gasteiger partial charge in [0, 0.05) is 54.1 Å². The summed E-state index contributed by atoms with van der Waals surface area (Å²) in [6.45, 7) is 1.69. The first-order valence-corrected chi connectivity index (χ1v) is 13.1. The van der Waals surface area contributed by atoms with E-state index in [0.29, 0.717) is 52.0 Å². The number of ether oxygens (including phenoxy) is 1. The van der Waals surface area contributed by atoms with Crippen LogP contribution in [-0.4, -0.2) is 71.7 Å². The number of aliphatic hydroxyl groups is 2. The zero-order valence-corrected chi connectivity index (χ0v) is 22.1. The van der Waals surface area contributed by atoms with Crippen LogP contribution < -0.4 is 4.74 Å². The maximum absolute atomic E-state index is 15.5. The number of aliphatic hydroxyl groups excluding tert-OH is 2. The third-order valence-electron chi connectivity index (χ3n) is 7.22. The van der Waals surface area contributed by atoms with Gasteiger partial charge in [0.1, 0.15) is 35.3 Å². The number of aromatic nitrogens is 5. The van der Waals surface area contributed by atoms with Crippen molar-refractivity contribution in [1.29, 1.82) is 0 Å². The van der Waals surface area contributed by atoms with Gasteiger partial charge in [-0.25, -0.2) is 23.7 Å². The minimum absolute atomic E-state index is 0.0353. The van der Waals surface area contributed by atoms with Crippen molar-refractivity contribution in [3.05, 3.63) is 71.7 Å². The van der Waals surface area contributed by atoms with Gasteiger partial charge in [0.15, 0.2) is 0 Å². The van der Waals surface area contributed by atoms with Crippen molar-refractivity contribution >= 4 is 33.5 Å². The first-order valence-electron chi connectivity index (χ1n) is 12.7. The van der Waals surface area contributed by atoms with Crippen molar-refractivity contribution in [1.82, 2.24) is 29.4 Å². The van der Waals surface area contributed by atoms with Crippen molar-refractivity contribution in [2.24, 2.45) is 0 Å². The Labute approximate surface area is 232 Å². The predicted octanol–water partition coefficient (Wildman–Crippen LogP) is 4.83. The number of halogens is 3. The Hall–Kier alpha value is -3.77. The normalized spacial score (nSPS) is 18.9. The minimum Gasteiger partial charge on any atom is -0.424 e. The predicted molar refractivity (Wildman–Crippen MR) is 145 cm³/mol. The van der Waals surface area contributed by atoms with E-state index in [1.165, 1.54) is 11.0 Å². The molecule has 4 heterocycles. The molecule has 1 saturated heterocycles. The first-order chi connectivity index (χ1) is 19.3. The van der Waals surface area contributed by atoms with Crippen LogP contribution in [0.25, 0.3) is 33.1 Å². The van der Waals surface area contributed by atoms with Crippen molar-refractivity contribution < 1.29 is 23.7 Å². The molecule has 3 aromatic heterocycles. The minimum atomic E-state index is -1.33. The number of pyridine rings is 1. The van der Waals surface area contributed by atoms with E-state index < -0.39 is 30.9 Å². The molecule has 1 aliphatic rings. The fraction of sp³-hybridized carbons (Fsp3) is 0.286. The summed E-state index contributed by atoms with van der Waals surface area (Å²) in [5, 5.41) is 20.1. The van der Waals surface area contributed by atoms with E-state index in [-0.39, 0.29) is 23.1 Å². The average molecular weight is 567 g/mol. The molecule has 0 aliphatic carbocycles. The molecule has 0 radical (unpaired) electrons. The number of fused-ring (bicyclic) bond motifs is 3. The summed E-state index contributed by atoms with van der Waals surface area (Å²) in [6.07, 6.45) is 2.61. The molecule has 5 aromatic rings. The Morgan fingerprint density at radius 3 is 2.65 bits per heavy atom. The van der Waals surface area contributed by atoms with Gasteiger partial charge in [-0.1, -0.05) is 11.6 Å². The van der Waals surface area contributed by atoms with Crippen LogP contribution in [0.2, 0.25) is 5.02 Å². The van der Waals surface area contributed by atoms with Crippen molar-refractivity contribution in [2.45, 2.75) is 31.8 Å². The largest absolute Gasteiger partial charge is 0.424 e. The van der Waals surface area contributed by atoms with Crippen LogP contribution in [0.4, 0.5) is 8.78 Å². The molecule has 0 bridgehead atoms. The second-order valence-electron chi connectivity index (χ2n) is 9.68. The molecule has 3 atom stereocenters. The molecule has 0 amide bonds. The third kappa shape index (κ3) is 4.75. The van der Waals surface area contributed by atoms with Crippen LogP contribution >= 0.6 is 11.6 Å². The van der Waals surface area contributed by atoms with Crippen molar-refractivity contribution in [3.63, 3.8) is 0 Å². The Balaban J connectivity index is 1.42. The number of aryl methyl sites for hydroxylation is 1. The summed E-state index contributed by atoms with van der Waals surface area (Å²) in [5.41, 5.74) is 2.29. The SMILES string of the molecule is Cc1nc2cnc3cc(F)c(-c4ccc(Oc5ncccn5)cc4Cl)cc3c2n1C1CCN(C(O)CO)CC1F. The van der Waals surface area contributed by atoms with Gasteiger partial charge in [0.25, 0.3) is 0 Å². The number of alkyl halides is 1. The van der Waals surface area contributed by atoms with E-state index in [1.807, 2.05) is 4.57 Å². The summed E-state index contributed by atoms with van der Waals surface area (Å²) in [4.78, 5) is 18.6. The Bertz CT molecular complexity index is 1700. The number of hydrogen-bond acceptors (Lipinski definition) is 8. The highest BCUT2D eigenvalue weighted by molar-refractivity contribution is 6.33. The average Bonchev–Trinajstić information content (AvgIpc) is 3.29. The Kier molecular flexibility index (Phi) is 7.05. The lowest BCUT2D eigenvalue weighted by Gasteiger charge is -2.37. The highest BCUT2D eigenvalue weighted by Crippen LogP contribution is 2.39. The number of likely N-dealkylation sites (tertiary alicyclic amines) is 1. The van der Waals surface area contributed by atoms with Gasteiger partial charge in [-0.15, -0.1) is 0 Å². The molecular formula is C28H25ClF2N6O3. The molecule has 12 heteroatoms. The number of benzene rings is 2. The molecule has 2 N–H and O–H groups in total. The molecule has 1 fully saturated rings. The van der Waals surface area contributed by atoms with Gasteiger partial charge in [-0.3, -0.25) is 9.88 Å². The van der Waals surface area contributed by atoms with Crippen LogP contribution in [0.1, 0.15) is 18.3 Å². The Morgan fingerprint density at radius 1 is 1.12 bits per heavy atom. The highest BCUT2D eigenvalue weighted by Gasteiger charge is 2.35. The summed E-state index contributed by atoms with van der Waals surface area (Å²) in [5.74, 6) is 0.478. The summed E-state index contributed by atoms with van der Waals surface area (Å²) in [7, 11) is 0. The van der Waals surface area contributed by atoms with E-state index in [9.17, 15) is 10.2 Å². The van der Waals surface area contributed by atoms with E-state index in [0.717, 1.165) is 0 Å². The first kappa shape index (κ1) is 26.5. The molecular weight excluding hydrogens is 542 g/mol. The van der Waals surface area contributed by atoms with E-state index in [2.05, 4.69) is 19.9 Å². The quantitative estimate of drug-likeness (QED) is 0.301. The summed E-state index contributed by atoms with van der Waals surface area (Å²) >= 11 is 6.59. The molecule has 2 aromatic carbocycles. The topological polar surface area (TPSA) is 109 Å². The van der Waals surface area contributed by atoms with E-state index >= 15 is 8.78 Å². The molecule has 9 nitrogen and oxygen atoms in total. The zero-order valence-electron chi connectivity index (χ0n) is 21.4. The van der Waals surface area contributed by atoms with Gasteiger partial charge in [-0.2, -0.15) is 0 Å². The zero-order chi connectivity index (χ0) is 28.0. The third-order valence-corrected chi connectivity index (χ3v) is 7.53. The van der Waals surface area contributed by atoms with Crippen LogP contribution in [0.3, 0.4) is 0 Å². The number of imidazole rings is 1. The van der Waals surface area contributed by atoms with E-state index in [1.54, 1.807) is 55.8 Å². The van der Waals surface area contributed by atoms with Crippen LogP contribution in [0, 0.1) is 12.7 Å². The summed E-state index contributed by atoms with van der Waals surface area (Å²) < 4.78 is 38.4. The smallest absolute Gasteiger partial charge is 0.321 e. The molecule has 3 unspecified atom stereocenters. The number of piperidine rings is 1. The second kappa shape index (κ2) is 10.7. The van der Waals surface area contributed by atoms with Crippen LogP contribution in [0.15, 0.2) is 55.0 Å². The molecule has 206 valence electrons. The second-order valence-corrected chi connectivity index (χ2v) is 10.1. The fourth-order valence-corrected chi connectivity index (χ4v) is 5.61. The molecule has 6 rings (SSSR count). The van der Waals surface area contributed by atoms with Crippen LogP contribution in [-0.2, 0) is 0 Å². The van der Waals surface area contributed by atoms with Gasteiger partial charge >= 0.3 is 6.01 Å². The fourth-order valence-electron chi connectivity index (χ4n) is 5.34. The van der Waals surface area contributed by atoms with Crippen molar-refractivity contribution in [3.8, 4) is 22.9 Å². The lowest BCUT2D eigenvalue weighted by atomic mass is 10.00. The monoisotopic (exact) mass is 566 g/mol. The van der Waals surface area contributed by atoms with Gasteiger partial charge < -0.3 is 19.5 Å². The molecule has 0 spiro atoms. The lowest BCUT2D eigenvalue weighted by Crippen LogP contribution is -2.48. The lowest BCUT2D eigenvalue weighted by molar-refractivity contribution is -0.0662. The van der Waals surface area contributed by atoms with Gasteiger partial charge in [0.05, 0.1) is 34.9 Å². The molecule has 1 aliphatic heterocycles. The number of rotatable bonds is 6.